The summed E-state index contributed by atoms with van der Waals surface area (Å²) in [6, 6.07) is 3.77. The van der Waals surface area contributed by atoms with E-state index >= 15 is 0 Å². The highest BCUT2D eigenvalue weighted by Crippen LogP contribution is 2.22. The summed E-state index contributed by atoms with van der Waals surface area (Å²) in [5.41, 5.74) is 0.124. The quantitative estimate of drug-likeness (QED) is 0.472. The Hall–Kier alpha value is -2.57. The summed E-state index contributed by atoms with van der Waals surface area (Å²) in [4.78, 5) is 33.9. The number of phenols is 1. The van der Waals surface area contributed by atoms with Gasteiger partial charge in [0, 0.05) is 0 Å². The highest BCUT2D eigenvalue weighted by atomic mass is 16.5. The molecule has 0 aliphatic heterocycles. The van der Waals surface area contributed by atoms with Gasteiger partial charge < -0.3 is 19.9 Å². The van der Waals surface area contributed by atoms with Gasteiger partial charge in [-0.1, -0.05) is 0 Å². The van der Waals surface area contributed by atoms with Crippen LogP contribution in [0.1, 0.15) is 16.8 Å². The smallest absolute Gasteiger partial charge is 0.340 e. The van der Waals surface area contributed by atoms with Crippen LogP contribution >= 0.6 is 0 Å². The van der Waals surface area contributed by atoms with Gasteiger partial charge in [0.2, 0.25) is 5.91 Å². The van der Waals surface area contributed by atoms with Crippen LogP contribution in [0.5, 0.6) is 5.75 Å². The van der Waals surface area contributed by atoms with Crippen LogP contribution in [0.3, 0.4) is 0 Å². The van der Waals surface area contributed by atoms with Crippen molar-refractivity contribution in [3.8, 4) is 5.75 Å². The molecular weight excluding hydrogens is 254 g/mol. The molecule has 1 amide bonds. The van der Waals surface area contributed by atoms with Crippen LogP contribution < -0.4 is 5.32 Å². The molecule has 2 N–H and O–H groups in total. The van der Waals surface area contributed by atoms with E-state index in [-0.39, 0.29) is 17.0 Å². The van der Waals surface area contributed by atoms with Crippen LogP contribution in [0.2, 0.25) is 0 Å². The second-order valence-corrected chi connectivity index (χ2v) is 3.52. The number of carbonyl (C=O) groups excluding carboxylic acids is 3. The zero-order valence-electron chi connectivity index (χ0n) is 10.4. The van der Waals surface area contributed by atoms with Gasteiger partial charge in [0.15, 0.2) is 0 Å². The number of anilines is 1. The standard InChI is InChI=1S/C12H13NO6/c1-18-11(16)6-10(15)13-9-4-3-7(14)5-8(9)12(17)19-2/h3-5,14H,6H2,1-2H3,(H,13,15). The molecule has 0 aliphatic carbocycles. The van der Waals surface area contributed by atoms with E-state index in [9.17, 15) is 19.5 Å². The second kappa shape index (κ2) is 6.39. The van der Waals surface area contributed by atoms with Gasteiger partial charge in [-0.05, 0) is 18.2 Å². The van der Waals surface area contributed by atoms with E-state index in [0.717, 1.165) is 13.2 Å². The number of phenolic OH excluding ortho intramolecular Hbond substituents is 1. The molecular formula is C12H13NO6. The third-order valence-corrected chi connectivity index (χ3v) is 2.22. The molecule has 0 bridgehead atoms. The van der Waals surface area contributed by atoms with Crippen LogP contribution in [0.25, 0.3) is 0 Å². The summed E-state index contributed by atoms with van der Waals surface area (Å²) < 4.78 is 8.87. The largest absolute Gasteiger partial charge is 0.508 e. The van der Waals surface area contributed by atoms with Crippen LogP contribution in [0.4, 0.5) is 5.69 Å². The van der Waals surface area contributed by atoms with Crippen molar-refractivity contribution in [1.82, 2.24) is 0 Å². The molecule has 0 spiro atoms. The van der Waals surface area contributed by atoms with Crippen LogP contribution in [0.15, 0.2) is 18.2 Å². The number of hydrogen-bond acceptors (Lipinski definition) is 6. The van der Waals surface area contributed by atoms with Gasteiger partial charge in [-0.15, -0.1) is 0 Å². The zero-order chi connectivity index (χ0) is 14.4. The van der Waals surface area contributed by atoms with Gasteiger partial charge in [-0.3, -0.25) is 9.59 Å². The highest BCUT2D eigenvalue weighted by molar-refractivity contribution is 6.06. The van der Waals surface area contributed by atoms with Crippen LogP contribution in [-0.4, -0.2) is 37.2 Å². The Bertz CT molecular complexity index is 511. The SMILES string of the molecule is COC(=O)CC(=O)Nc1ccc(O)cc1C(=O)OC. The molecule has 0 aromatic heterocycles. The second-order valence-electron chi connectivity index (χ2n) is 3.52. The molecule has 1 rings (SSSR count). The summed E-state index contributed by atoms with van der Waals surface area (Å²) in [6.07, 6.45) is -0.474. The molecule has 0 radical (unpaired) electrons. The molecule has 0 atom stereocenters. The molecule has 102 valence electrons. The number of carbonyl (C=O) groups is 3. The van der Waals surface area contributed by atoms with Crippen molar-refractivity contribution in [1.29, 1.82) is 0 Å². The maximum Gasteiger partial charge on any atom is 0.340 e. The minimum Gasteiger partial charge on any atom is -0.508 e. The van der Waals surface area contributed by atoms with E-state index in [2.05, 4.69) is 14.8 Å². The molecule has 0 aliphatic rings. The van der Waals surface area contributed by atoms with E-state index in [4.69, 9.17) is 0 Å². The van der Waals surface area contributed by atoms with Crippen molar-refractivity contribution in [3.63, 3.8) is 0 Å². The van der Waals surface area contributed by atoms with Gasteiger partial charge in [0.25, 0.3) is 0 Å². The number of rotatable bonds is 4. The molecule has 1 aromatic rings. The Labute approximate surface area is 109 Å². The lowest BCUT2D eigenvalue weighted by atomic mass is 10.1. The molecule has 0 unspecified atom stereocenters. The summed E-state index contributed by atoms with van der Waals surface area (Å²) in [5, 5.41) is 11.7. The van der Waals surface area contributed by atoms with Crippen molar-refractivity contribution in [2.24, 2.45) is 0 Å². The van der Waals surface area contributed by atoms with Crippen molar-refractivity contribution in [3.05, 3.63) is 23.8 Å². The summed E-state index contributed by atoms with van der Waals surface area (Å²) in [6.45, 7) is 0. The van der Waals surface area contributed by atoms with Crippen molar-refractivity contribution in [2.75, 3.05) is 19.5 Å². The van der Waals surface area contributed by atoms with Gasteiger partial charge in [0.1, 0.15) is 12.2 Å². The first-order valence-corrected chi connectivity index (χ1v) is 5.26. The minimum absolute atomic E-state index is 0.0132. The minimum atomic E-state index is -0.718. The monoisotopic (exact) mass is 267 g/mol. The molecule has 7 nitrogen and oxygen atoms in total. The molecule has 0 saturated heterocycles. The topological polar surface area (TPSA) is 102 Å². The zero-order valence-corrected chi connectivity index (χ0v) is 10.4. The number of aromatic hydroxyl groups is 1. The van der Waals surface area contributed by atoms with E-state index in [0.29, 0.717) is 0 Å². The van der Waals surface area contributed by atoms with Gasteiger partial charge in [-0.2, -0.15) is 0 Å². The van der Waals surface area contributed by atoms with Crippen LogP contribution in [-0.2, 0) is 19.1 Å². The number of benzene rings is 1. The maximum atomic E-state index is 11.5. The van der Waals surface area contributed by atoms with Crippen molar-refractivity contribution < 1.29 is 29.0 Å². The first kappa shape index (κ1) is 14.5. The lowest BCUT2D eigenvalue weighted by Crippen LogP contribution is -2.19. The van der Waals surface area contributed by atoms with Gasteiger partial charge in [-0.25, -0.2) is 4.79 Å². The van der Waals surface area contributed by atoms with Gasteiger partial charge in [0.05, 0.1) is 25.5 Å². The maximum absolute atomic E-state index is 11.5. The molecule has 1 aromatic carbocycles. The van der Waals surface area contributed by atoms with Gasteiger partial charge >= 0.3 is 11.9 Å². The number of esters is 2. The average Bonchev–Trinajstić information content (AvgIpc) is 2.39. The fourth-order valence-corrected chi connectivity index (χ4v) is 1.32. The Balaban J connectivity index is 2.91. The number of ether oxygens (including phenoxy) is 2. The van der Waals surface area contributed by atoms with Crippen LogP contribution in [0, 0.1) is 0 Å². The Morgan fingerprint density at radius 1 is 1.21 bits per heavy atom. The predicted molar refractivity (Wildman–Crippen MR) is 64.7 cm³/mol. The van der Waals surface area contributed by atoms with E-state index in [1.165, 1.54) is 19.2 Å². The van der Waals surface area contributed by atoms with Crippen molar-refractivity contribution in [2.45, 2.75) is 6.42 Å². The van der Waals surface area contributed by atoms with Crippen molar-refractivity contribution >= 4 is 23.5 Å². The Morgan fingerprint density at radius 3 is 2.47 bits per heavy atom. The van der Waals surface area contributed by atoms with E-state index in [1.807, 2.05) is 0 Å². The summed E-state index contributed by atoms with van der Waals surface area (Å²) >= 11 is 0. The first-order chi connectivity index (χ1) is 8.97. The van der Waals surface area contributed by atoms with E-state index in [1.54, 1.807) is 0 Å². The Kier molecular flexibility index (Phi) is 4.87. The highest BCUT2D eigenvalue weighted by Gasteiger charge is 2.16. The fraction of sp³-hybridized carbons (Fsp3) is 0.250. The summed E-state index contributed by atoms with van der Waals surface area (Å²) in [5.74, 6) is -2.20. The lowest BCUT2D eigenvalue weighted by Gasteiger charge is -2.09. The molecule has 0 saturated carbocycles. The molecule has 0 heterocycles. The summed E-state index contributed by atoms with van der Waals surface area (Å²) in [7, 11) is 2.34. The predicted octanol–water partition coefficient (Wildman–Crippen LogP) is 0.680. The third-order valence-electron chi connectivity index (χ3n) is 2.22. The first-order valence-electron chi connectivity index (χ1n) is 5.26. The fourth-order valence-electron chi connectivity index (χ4n) is 1.32. The average molecular weight is 267 g/mol. The number of nitrogens with one attached hydrogen (secondary N) is 1. The third kappa shape index (κ3) is 3.98. The number of hydrogen-bond donors (Lipinski definition) is 2. The molecule has 0 fully saturated rings. The molecule has 19 heavy (non-hydrogen) atoms. The molecule has 7 heteroatoms. The number of methoxy groups -OCH3 is 2. The van der Waals surface area contributed by atoms with E-state index < -0.39 is 24.3 Å². The Morgan fingerprint density at radius 2 is 1.89 bits per heavy atom. The normalized spacial score (nSPS) is 9.58. The number of amides is 1. The lowest BCUT2D eigenvalue weighted by molar-refractivity contribution is -0.142.